The lowest BCUT2D eigenvalue weighted by atomic mass is 10.2. The van der Waals surface area contributed by atoms with Gasteiger partial charge in [-0.05, 0) is 24.3 Å². The molecule has 0 saturated carbocycles. The molecule has 0 radical (unpaired) electrons. The van der Waals surface area contributed by atoms with Crippen molar-refractivity contribution >= 4 is 33.2 Å². The van der Waals surface area contributed by atoms with Crippen molar-refractivity contribution < 1.29 is 18.0 Å². The van der Waals surface area contributed by atoms with Crippen LogP contribution in [0.3, 0.4) is 0 Å². The van der Waals surface area contributed by atoms with Crippen LogP contribution in [0.15, 0.2) is 17.5 Å². The molecule has 1 aromatic heterocycles. The zero-order valence-electron chi connectivity index (χ0n) is 10.3. The molecule has 0 unspecified atom stereocenters. The number of carbonyl (C=O) groups is 2. The van der Waals surface area contributed by atoms with E-state index < -0.39 is 22.0 Å². The van der Waals surface area contributed by atoms with Crippen LogP contribution in [0, 0.1) is 0 Å². The molecule has 0 aromatic carbocycles. The molecule has 2 amide bonds. The summed E-state index contributed by atoms with van der Waals surface area (Å²) < 4.78 is 24.1. The Labute approximate surface area is 115 Å². The van der Waals surface area contributed by atoms with Gasteiger partial charge in [0.2, 0.25) is 10.0 Å². The Kier molecular flexibility index (Phi) is 3.91. The summed E-state index contributed by atoms with van der Waals surface area (Å²) in [6.45, 7) is 0.471. The molecule has 2 rings (SSSR count). The highest BCUT2D eigenvalue weighted by atomic mass is 32.2. The molecule has 19 heavy (non-hydrogen) atoms. The number of nitrogens with zero attached hydrogens (tertiary/aromatic N) is 1. The molecule has 1 atom stereocenters. The largest absolute Gasteiger partial charge is 0.326 e. The van der Waals surface area contributed by atoms with E-state index in [0.29, 0.717) is 24.3 Å². The van der Waals surface area contributed by atoms with Gasteiger partial charge in [-0.25, -0.2) is 8.42 Å². The third-order valence-corrected chi connectivity index (χ3v) is 4.26. The Morgan fingerprint density at radius 3 is 2.79 bits per heavy atom. The van der Waals surface area contributed by atoms with Gasteiger partial charge in [0.05, 0.1) is 11.1 Å². The second kappa shape index (κ2) is 5.30. The molecule has 8 heteroatoms. The van der Waals surface area contributed by atoms with Crippen LogP contribution in [0.1, 0.15) is 22.5 Å². The molecule has 1 fully saturated rings. The summed E-state index contributed by atoms with van der Waals surface area (Å²) in [6.07, 6.45) is 2.10. The molecule has 0 bridgehead atoms. The molecule has 1 saturated heterocycles. The zero-order valence-corrected chi connectivity index (χ0v) is 12.0. The molecule has 1 aromatic rings. The molecular formula is C11H14N2O4S2. The summed E-state index contributed by atoms with van der Waals surface area (Å²) in [5.74, 6) is -0.856. The van der Waals surface area contributed by atoms with Crippen LogP contribution in [-0.4, -0.2) is 44.0 Å². The third kappa shape index (κ3) is 3.32. The summed E-state index contributed by atoms with van der Waals surface area (Å²) in [5, 5.41) is 1.79. The van der Waals surface area contributed by atoms with Gasteiger partial charge in [0.25, 0.3) is 11.8 Å². The average Bonchev–Trinajstić information content (AvgIpc) is 2.97. The standard InChI is InChI=1S/C11H14N2O4S2/c1-19(16,17)12-10(14)8-4-2-6-13(8)11(15)9-5-3-7-18-9/h3,5,7-8H,2,4,6H2,1H3,(H,12,14)/t8-/m0/s1. The quantitative estimate of drug-likeness (QED) is 0.877. The number of nitrogens with one attached hydrogen (secondary N) is 1. The van der Waals surface area contributed by atoms with Gasteiger partial charge in [0.15, 0.2) is 0 Å². The van der Waals surface area contributed by atoms with E-state index in [0.717, 1.165) is 6.26 Å². The lowest BCUT2D eigenvalue weighted by molar-refractivity contribution is -0.123. The topological polar surface area (TPSA) is 83.6 Å². The molecule has 1 aliphatic rings. The maximum Gasteiger partial charge on any atom is 0.264 e. The van der Waals surface area contributed by atoms with Crippen molar-refractivity contribution in [2.75, 3.05) is 12.8 Å². The highest BCUT2D eigenvalue weighted by Gasteiger charge is 2.35. The smallest absolute Gasteiger partial charge is 0.264 e. The predicted octanol–water partition coefficient (Wildman–Crippen LogP) is 0.429. The van der Waals surface area contributed by atoms with Crippen molar-refractivity contribution in [2.24, 2.45) is 0 Å². The zero-order chi connectivity index (χ0) is 14.0. The van der Waals surface area contributed by atoms with Crippen LogP contribution in [0.2, 0.25) is 0 Å². The van der Waals surface area contributed by atoms with Crippen LogP contribution in [0.25, 0.3) is 0 Å². The van der Waals surface area contributed by atoms with Crippen LogP contribution in [0.5, 0.6) is 0 Å². The summed E-state index contributed by atoms with van der Waals surface area (Å²) >= 11 is 1.30. The van der Waals surface area contributed by atoms with E-state index in [2.05, 4.69) is 0 Å². The fraction of sp³-hybridized carbons (Fsp3) is 0.455. The Morgan fingerprint density at radius 1 is 1.47 bits per heavy atom. The fourth-order valence-electron chi connectivity index (χ4n) is 2.07. The summed E-state index contributed by atoms with van der Waals surface area (Å²) in [7, 11) is -3.60. The minimum Gasteiger partial charge on any atom is -0.326 e. The Balaban J connectivity index is 2.13. The van der Waals surface area contributed by atoms with Crippen molar-refractivity contribution in [3.8, 4) is 0 Å². The summed E-state index contributed by atoms with van der Waals surface area (Å²) in [5.41, 5.74) is 0. The Morgan fingerprint density at radius 2 is 2.21 bits per heavy atom. The maximum atomic E-state index is 12.2. The molecule has 1 N–H and O–H groups in total. The van der Waals surface area contributed by atoms with Crippen molar-refractivity contribution in [2.45, 2.75) is 18.9 Å². The first-order valence-electron chi connectivity index (χ1n) is 5.74. The molecule has 0 spiro atoms. The van der Waals surface area contributed by atoms with Crippen molar-refractivity contribution in [3.63, 3.8) is 0 Å². The first-order valence-corrected chi connectivity index (χ1v) is 8.52. The number of hydrogen-bond acceptors (Lipinski definition) is 5. The van der Waals surface area contributed by atoms with Crippen molar-refractivity contribution in [1.82, 2.24) is 9.62 Å². The molecular weight excluding hydrogens is 288 g/mol. The monoisotopic (exact) mass is 302 g/mol. The normalized spacial score (nSPS) is 19.4. The first kappa shape index (κ1) is 14.0. The lowest BCUT2D eigenvalue weighted by Crippen LogP contribution is -2.47. The van der Waals surface area contributed by atoms with Gasteiger partial charge in [-0.2, -0.15) is 0 Å². The number of thiophene rings is 1. The molecule has 104 valence electrons. The number of rotatable bonds is 3. The molecule has 6 nitrogen and oxygen atoms in total. The van der Waals surface area contributed by atoms with Gasteiger partial charge in [-0.15, -0.1) is 11.3 Å². The molecule has 0 aliphatic carbocycles. The minimum atomic E-state index is -3.60. The maximum absolute atomic E-state index is 12.2. The van der Waals surface area contributed by atoms with Crippen molar-refractivity contribution in [1.29, 1.82) is 0 Å². The van der Waals surface area contributed by atoms with Gasteiger partial charge in [-0.1, -0.05) is 6.07 Å². The van der Waals surface area contributed by atoms with Crippen LogP contribution in [0.4, 0.5) is 0 Å². The average molecular weight is 302 g/mol. The predicted molar refractivity (Wildman–Crippen MR) is 71.4 cm³/mol. The second-order valence-electron chi connectivity index (χ2n) is 4.37. The van der Waals surface area contributed by atoms with Crippen LogP contribution >= 0.6 is 11.3 Å². The minimum absolute atomic E-state index is 0.221. The fourth-order valence-corrected chi connectivity index (χ4v) is 3.26. The first-order chi connectivity index (χ1) is 8.88. The molecule has 2 heterocycles. The number of likely N-dealkylation sites (tertiary alicyclic amines) is 1. The van der Waals surface area contributed by atoms with E-state index in [1.54, 1.807) is 17.5 Å². The SMILES string of the molecule is CS(=O)(=O)NC(=O)[C@@H]1CCCN1C(=O)c1cccs1. The van der Waals surface area contributed by atoms with Crippen LogP contribution < -0.4 is 4.72 Å². The van der Waals surface area contributed by atoms with Gasteiger partial charge in [0.1, 0.15) is 6.04 Å². The van der Waals surface area contributed by atoms with E-state index in [4.69, 9.17) is 0 Å². The number of hydrogen-bond donors (Lipinski definition) is 1. The van der Waals surface area contributed by atoms with Crippen molar-refractivity contribution in [3.05, 3.63) is 22.4 Å². The van der Waals surface area contributed by atoms with Crippen LogP contribution in [-0.2, 0) is 14.8 Å². The Bertz CT molecular complexity index is 580. The Hall–Kier alpha value is -1.41. The highest BCUT2D eigenvalue weighted by molar-refractivity contribution is 7.89. The van der Waals surface area contributed by atoms with E-state index in [1.807, 2.05) is 4.72 Å². The second-order valence-corrected chi connectivity index (χ2v) is 7.07. The van der Waals surface area contributed by atoms with E-state index in [1.165, 1.54) is 16.2 Å². The lowest BCUT2D eigenvalue weighted by Gasteiger charge is -2.22. The number of sulfonamides is 1. The highest BCUT2D eigenvalue weighted by Crippen LogP contribution is 2.22. The third-order valence-electron chi connectivity index (χ3n) is 2.83. The van der Waals surface area contributed by atoms with Gasteiger partial charge in [0, 0.05) is 6.54 Å². The molecule has 1 aliphatic heterocycles. The van der Waals surface area contributed by atoms with E-state index in [9.17, 15) is 18.0 Å². The van der Waals surface area contributed by atoms with E-state index >= 15 is 0 Å². The summed E-state index contributed by atoms with van der Waals surface area (Å²) in [6, 6.07) is 2.75. The number of carbonyl (C=O) groups excluding carboxylic acids is 2. The summed E-state index contributed by atoms with van der Waals surface area (Å²) in [4.78, 5) is 26.1. The number of amides is 2. The van der Waals surface area contributed by atoms with Gasteiger partial charge in [-0.3, -0.25) is 14.3 Å². The van der Waals surface area contributed by atoms with E-state index in [-0.39, 0.29) is 5.91 Å². The van der Waals surface area contributed by atoms with Gasteiger partial charge < -0.3 is 4.90 Å². The van der Waals surface area contributed by atoms with Gasteiger partial charge >= 0.3 is 0 Å².